The lowest BCUT2D eigenvalue weighted by Gasteiger charge is -2.40. The first-order valence-electron chi connectivity index (χ1n) is 6.79. The monoisotopic (exact) mass is 271 g/mol. The summed E-state index contributed by atoms with van der Waals surface area (Å²) in [4.78, 5) is 14.6. The molecule has 0 aromatic carbocycles. The van der Waals surface area contributed by atoms with Crippen LogP contribution in [0.15, 0.2) is 0 Å². The maximum absolute atomic E-state index is 12.4. The first kappa shape index (κ1) is 14.2. The minimum Gasteiger partial charge on any atom is -0.353 e. The summed E-state index contributed by atoms with van der Waals surface area (Å²) in [6.45, 7) is 8.75. The number of rotatable bonds is 5. The van der Waals surface area contributed by atoms with Crippen LogP contribution in [0.25, 0.3) is 0 Å². The van der Waals surface area contributed by atoms with Crippen molar-refractivity contribution in [3.8, 4) is 0 Å². The summed E-state index contributed by atoms with van der Waals surface area (Å²) in [5, 5.41) is 6.48. The van der Waals surface area contributed by atoms with E-state index >= 15 is 0 Å². The fourth-order valence-corrected chi connectivity index (χ4v) is 3.14. The molecular weight excluding hydrogens is 246 g/mol. The number of nitrogens with one attached hydrogen (secondary N) is 2. The van der Waals surface area contributed by atoms with Crippen LogP contribution in [0.3, 0.4) is 0 Å². The number of hydrogen-bond donors (Lipinski definition) is 2. The average Bonchev–Trinajstić information content (AvgIpc) is 3.17. The molecule has 0 aromatic rings. The normalized spacial score (nSPS) is 23.7. The van der Waals surface area contributed by atoms with E-state index in [2.05, 4.69) is 21.8 Å². The van der Waals surface area contributed by atoms with Gasteiger partial charge in [-0.25, -0.2) is 0 Å². The highest BCUT2D eigenvalue weighted by molar-refractivity contribution is 8.00. The van der Waals surface area contributed by atoms with Crippen molar-refractivity contribution in [3.63, 3.8) is 0 Å². The summed E-state index contributed by atoms with van der Waals surface area (Å²) in [6.07, 6.45) is 4.62. The topological polar surface area (TPSA) is 44.4 Å². The van der Waals surface area contributed by atoms with Gasteiger partial charge in [-0.05, 0) is 32.9 Å². The number of nitrogens with zero attached hydrogens (tertiary/aromatic N) is 1. The summed E-state index contributed by atoms with van der Waals surface area (Å²) in [6, 6.07) is 0. The van der Waals surface area contributed by atoms with Crippen molar-refractivity contribution in [2.24, 2.45) is 0 Å². The molecule has 1 heterocycles. The van der Waals surface area contributed by atoms with Crippen molar-refractivity contribution in [1.29, 1.82) is 0 Å². The van der Waals surface area contributed by atoms with Gasteiger partial charge < -0.3 is 10.6 Å². The van der Waals surface area contributed by atoms with Crippen LogP contribution in [0.5, 0.6) is 0 Å². The fourth-order valence-electron chi connectivity index (χ4n) is 2.42. The smallest absolute Gasteiger partial charge is 0.240 e. The van der Waals surface area contributed by atoms with E-state index in [4.69, 9.17) is 0 Å². The van der Waals surface area contributed by atoms with Crippen LogP contribution in [-0.2, 0) is 4.79 Å². The summed E-state index contributed by atoms with van der Waals surface area (Å²) in [5.74, 6) is 0.171. The van der Waals surface area contributed by atoms with Gasteiger partial charge in [-0.15, -0.1) is 0 Å². The Labute approximate surface area is 114 Å². The summed E-state index contributed by atoms with van der Waals surface area (Å²) in [7, 11) is 0. The van der Waals surface area contributed by atoms with E-state index in [0.29, 0.717) is 4.75 Å². The van der Waals surface area contributed by atoms with Crippen molar-refractivity contribution in [2.45, 2.75) is 37.0 Å². The molecule has 1 saturated carbocycles. The summed E-state index contributed by atoms with van der Waals surface area (Å²) in [5.41, 5.74) is -0.392. The lowest BCUT2D eigenvalue weighted by Crippen LogP contribution is -2.60. The average molecular weight is 271 g/mol. The first-order valence-corrected chi connectivity index (χ1v) is 8.02. The molecule has 18 heavy (non-hydrogen) atoms. The Kier molecular flexibility index (Phi) is 4.24. The van der Waals surface area contributed by atoms with Gasteiger partial charge in [0.15, 0.2) is 0 Å². The molecule has 0 radical (unpaired) electrons. The van der Waals surface area contributed by atoms with Crippen molar-refractivity contribution >= 4 is 17.7 Å². The molecule has 0 spiro atoms. The van der Waals surface area contributed by atoms with Crippen LogP contribution in [0.4, 0.5) is 0 Å². The fraction of sp³-hybridized carbons (Fsp3) is 0.923. The van der Waals surface area contributed by atoms with Crippen LogP contribution in [-0.4, -0.2) is 60.1 Å². The zero-order chi connectivity index (χ0) is 13.2. The Morgan fingerprint density at radius 3 is 2.50 bits per heavy atom. The quantitative estimate of drug-likeness (QED) is 0.772. The zero-order valence-electron chi connectivity index (χ0n) is 11.7. The highest BCUT2D eigenvalue weighted by atomic mass is 32.2. The molecule has 2 aliphatic rings. The van der Waals surface area contributed by atoms with Crippen LogP contribution in [0.1, 0.15) is 26.7 Å². The number of piperazine rings is 1. The number of carbonyl (C=O) groups is 1. The Bertz CT molecular complexity index is 309. The van der Waals surface area contributed by atoms with Gasteiger partial charge in [0.1, 0.15) is 0 Å². The van der Waals surface area contributed by atoms with Gasteiger partial charge in [0.25, 0.3) is 0 Å². The molecule has 2 fully saturated rings. The molecule has 2 N–H and O–H groups in total. The molecule has 4 nitrogen and oxygen atoms in total. The molecule has 5 heteroatoms. The van der Waals surface area contributed by atoms with Gasteiger partial charge in [-0.3, -0.25) is 9.69 Å². The van der Waals surface area contributed by atoms with E-state index in [1.807, 2.05) is 25.6 Å². The lowest BCUT2D eigenvalue weighted by molar-refractivity contribution is -0.132. The predicted octanol–water partition coefficient (Wildman–Crippen LogP) is 0.682. The van der Waals surface area contributed by atoms with Gasteiger partial charge in [0, 0.05) is 37.5 Å². The summed E-state index contributed by atoms with van der Waals surface area (Å²) < 4.78 is 0.342. The van der Waals surface area contributed by atoms with E-state index < -0.39 is 5.54 Å². The second kappa shape index (κ2) is 5.39. The summed E-state index contributed by atoms with van der Waals surface area (Å²) >= 11 is 1.89. The lowest BCUT2D eigenvalue weighted by atomic mass is 10.0. The predicted molar refractivity (Wildman–Crippen MR) is 77.0 cm³/mol. The van der Waals surface area contributed by atoms with Crippen LogP contribution >= 0.6 is 11.8 Å². The number of hydrogen-bond acceptors (Lipinski definition) is 4. The zero-order valence-corrected chi connectivity index (χ0v) is 12.5. The Morgan fingerprint density at radius 2 is 2.00 bits per heavy atom. The van der Waals surface area contributed by atoms with Crippen molar-refractivity contribution in [3.05, 3.63) is 0 Å². The van der Waals surface area contributed by atoms with Crippen LogP contribution in [0.2, 0.25) is 0 Å². The van der Waals surface area contributed by atoms with Crippen molar-refractivity contribution < 1.29 is 4.79 Å². The van der Waals surface area contributed by atoms with Gasteiger partial charge in [-0.1, -0.05) is 0 Å². The third-order valence-electron chi connectivity index (χ3n) is 4.28. The highest BCUT2D eigenvalue weighted by Gasteiger charge is 2.43. The van der Waals surface area contributed by atoms with E-state index in [1.54, 1.807) is 0 Å². The SMILES string of the molecule is CSC1(CNC(=O)C(C)(C)N2CCNCC2)CC1. The molecular formula is C13H25N3OS. The molecule has 1 aliphatic carbocycles. The molecule has 2 rings (SSSR count). The molecule has 0 unspecified atom stereocenters. The second-order valence-electron chi connectivity index (χ2n) is 5.87. The minimum atomic E-state index is -0.392. The maximum Gasteiger partial charge on any atom is 0.240 e. The molecule has 1 amide bonds. The van der Waals surface area contributed by atoms with E-state index in [0.717, 1.165) is 32.7 Å². The van der Waals surface area contributed by atoms with E-state index in [9.17, 15) is 4.79 Å². The minimum absolute atomic E-state index is 0.171. The van der Waals surface area contributed by atoms with E-state index in [-0.39, 0.29) is 5.91 Å². The number of carbonyl (C=O) groups excluding carboxylic acids is 1. The number of thioether (sulfide) groups is 1. The number of amides is 1. The standard InChI is InChI=1S/C13H25N3OS/c1-12(2,16-8-6-14-7-9-16)11(17)15-10-13(18-3)4-5-13/h14H,4-10H2,1-3H3,(H,15,17). The molecule has 1 saturated heterocycles. The molecule has 104 valence electrons. The molecule has 0 aromatic heterocycles. The maximum atomic E-state index is 12.4. The largest absolute Gasteiger partial charge is 0.353 e. The third kappa shape index (κ3) is 3.00. The Morgan fingerprint density at radius 1 is 1.39 bits per heavy atom. The Hall–Kier alpha value is -0.260. The van der Waals surface area contributed by atoms with E-state index in [1.165, 1.54) is 12.8 Å². The Balaban J connectivity index is 1.86. The van der Waals surface area contributed by atoms with Gasteiger partial charge in [-0.2, -0.15) is 11.8 Å². The second-order valence-corrected chi connectivity index (χ2v) is 7.14. The molecule has 0 atom stereocenters. The van der Waals surface area contributed by atoms with Gasteiger partial charge in [0.05, 0.1) is 5.54 Å². The van der Waals surface area contributed by atoms with Gasteiger partial charge >= 0.3 is 0 Å². The highest BCUT2D eigenvalue weighted by Crippen LogP contribution is 2.46. The molecule has 0 bridgehead atoms. The first-order chi connectivity index (χ1) is 8.50. The third-order valence-corrected chi connectivity index (χ3v) is 5.69. The molecule has 1 aliphatic heterocycles. The van der Waals surface area contributed by atoms with Crippen LogP contribution < -0.4 is 10.6 Å². The van der Waals surface area contributed by atoms with Crippen molar-refractivity contribution in [2.75, 3.05) is 39.0 Å². The van der Waals surface area contributed by atoms with Crippen LogP contribution in [0, 0.1) is 0 Å². The van der Waals surface area contributed by atoms with Crippen molar-refractivity contribution in [1.82, 2.24) is 15.5 Å². The van der Waals surface area contributed by atoms with Gasteiger partial charge in [0.2, 0.25) is 5.91 Å².